The fourth-order valence-electron chi connectivity index (χ4n) is 1.36. The smallest absolute Gasteiger partial charge is 0.163 e. The van der Waals surface area contributed by atoms with Gasteiger partial charge in [-0.3, -0.25) is 4.79 Å². The third-order valence-electron chi connectivity index (χ3n) is 2.34. The number of hydrogen-bond acceptors (Lipinski definition) is 4. The van der Waals surface area contributed by atoms with Gasteiger partial charge in [0, 0.05) is 6.07 Å². The first-order chi connectivity index (χ1) is 9.04. The summed E-state index contributed by atoms with van der Waals surface area (Å²) in [6.45, 7) is 1.40. The Bertz CT molecular complexity index is 535. The Kier molecular flexibility index (Phi) is 5.41. The van der Waals surface area contributed by atoms with E-state index in [1.165, 1.54) is 26.2 Å². The highest BCUT2D eigenvalue weighted by atomic mass is 16.5. The molecule has 4 nitrogen and oxygen atoms in total. The van der Waals surface area contributed by atoms with Crippen molar-refractivity contribution in [3.63, 3.8) is 0 Å². The van der Waals surface area contributed by atoms with E-state index in [4.69, 9.17) is 9.84 Å². The van der Waals surface area contributed by atoms with Crippen molar-refractivity contribution >= 4 is 5.78 Å². The molecular weight excluding hydrogens is 244 g/mol. The van der Waals surface area contributed by atoms with Gasteiger partial charge in [0.25, 0.3) is 0 Å². The van der Waals surface area contributed by atoms with Crippen molar-refractivity contribution in [3.05, 3.63) is 54.1 Å². The summed E-state index contributed by atoms with van der Waals surface area (Å²) >= 11 is 0. The van der Waals surface area contributed by atoms with Crippen molar-refractivity contribution in [2.75, 3.05) is 7.11 Å². The monoisotopic (exact) mass is 260 g/mol. The number of phenols is 2. The summed E-state index contributed by atoms with van der Waals surface area (Å²) in [5.74, 6) is 0.664. The number of ketones is 1. The summed E-state index contributed by atoms with van der Waals surface area (Å²) in [6, 6.07) is 13.3. The molecule has 19 heavy (non-hydrogen) atoms. The topological polar surface area (TPSA) is 66.8 Å². The van der Waals surface area contributed by atoms with Crippen LogP contribution in [-0.2, 0) is 0 Å². The average molecular weight is 260 g/mol. The normalized spacial score (nSPS) is 9.16. The highest BCUT2D eigenvalue weighted by Gasteiger charge is 2.06. The lowest BCUT2D eigenvalue weighted by Gasteiger charge is -2.02. The molecule has 2 aromatic rings. The first kappa shape index (κ1) is 14.6. The van der Waals surface area contributed by atoms with Crippen LogP contribution in [0.15, 0.2) is 48.5 Å². The standard InChI is InChI=1S/C9H10O3.C6H6O/c1-6(10)8-4-3-7(12-2)5-9(8)11;7-6-4-2-1-3-5-6/h3-5,11H,1-2H3;1-5,7H. The number of carbonyl (C=O) groups is 1. The molecule has 0 saturated heterocycles. The average Bonchev–Trinajstić information content (AvgIpc) is 2.39. The molecule has 0 unspecified atom stereocenters. The first-order valence-corrected chi connectivity index (χ1v) is 5.66. The zero-order valence-corrected chi connectivity index (χ0v) is 10.8. The molecule has 0 amide bonds. The predicted molar refractivity (Wildman–Crippen MR) is 72.8 cm³/mol. The molecule has 100 valence electrons. The second-order valence-electron chi connectivity index (χ2n) is 3.77. The van der Waals surface area contributed by atoms with E-state index in [2.05, 4.69) is 0 Å². The van der Waals surface area contributed by atoms with Crippen molar-refractivity contribution in [2.45, 2.75) is 6.92 Å². The zero-order valence-electron chi connectivity index (χ0n) is 10.8. The molecule has 4 heteroatoms. The van der Waals surface area contributed by atoms with Crippen molar-refractivity contribution < 1.29 is 19.7 Å². The molecule has 0 aliphatic heterocycles. The van der Waals surface area contributed by atoms with Gasteiger partial charge < -0.3 is 14.9 Å². The first-order valence-electron chi connectivity index (χ1n) is 5.66. The minimum Gasteiger partial charge on any atom is -0.508 e. The van der Waals surface area contributed by atoms with Crippen LogP contribution in [0.3, 0.4) is 0 Å². The molecule has 0 fully saturated rings. The van der Waals surface area contributed by atoms with Gasteiger partial charge in [-0.2, -0.15) is 0 Å². The van der Waals surface area contributed by atoms with E-state index in [0.29, 0.717) is 17.1 Å². The molecule has 0 radical (unpaired) electrons. The molecule has 2 rings (SSSR count). The fraction of sp³-hybridized carbons (Fsp3) is 0.133. The molecule has 2 N–H and O–H groups in total. The van der Waals surface area contributed by atoms with E-state index in [9.17, 15) is 9.90 Å². The second-order valence-corrected chi connectivity index (χ2v) is 3.77. The summed E-state index contributed by atoms with van der Waals surface area (Å²) in [5.41, 5.74) is 0.316. The number of Topliss-reactive ketones (excluding diaryl/α,β-unsaturated/α-hetero) is 1. The maximum atomic E-state index is 10.9. The number of carbonyl (C=O) groups excluding carboxylic acids is 1. The minimum atomic E-state index is -0.157. The van der Waals surface area contributed by atoms with Gasteiger partial charge >= 0.3 is 0 Å². The summed E-state index contributed by atoms with van der Waals surface area (Å²) in [4.78, 5) is 10.9. The van der Waals surface area contributed by atoms with E-state index < -0.39 is 0 Å². The van der Waals surface area contributed by atoms with Crippen LogP contribution in [0.4, 0.5) is 0 Å². The van der Waals surface area contributed by atoms with Crippen molar-refractivity contribution in [1.29, 1.82) is 0 Å². The number of benzene rings is 2. The number of ether oxygens (including phenoxy) is 1. The van der Waals surface area contributed by atoms with Gasteiger partial charge in [0.05, 0.1) is 12.7 Å². The molecule has 0 spiro atoms. The van der Waals surface area contributed by atoms with E-state index in [1.54, 1.807) is 30.3 Å². The van der Waals surface area contributed by atoms with Gasteiger partial charge in [-0.25, -0.2) is 0 Å². The van der Waals surface area contributed by atoms with Gasteiger partial charge in [-0.1, -0.05) is 18.2 Å². The molecule has 0 heterocycles. The summed E-state index contributed by atoms with van der Waals surface area (Å²) in [5, 5.41) is 17.9. The Morgan fingerprint density at radius 1 is 1.05 bits per heavy atom. The molecule has 0 bridgehead atoms. The molecule has 0 aliphatic rings. The van der Waals surface area contributed by atoms with Crippen LogP contribution in [0.2, 0.25) is 0 Å². The van der Waals surface area contributed by atoms with Gasteiger partial charge in [-0.05, 0) is 31.2 Å². The lowest BCUT2D eigenvalue weighted by atomic mass is 10.1. The molecule has 0 aliphatic carbocycles. The largest absolute Gasteiger partial charge is 0.508 e. The quantitative estimate of drug-likeness (QED) is 0.814. The summed E-state index contributed by atoms with van der Waals surface area (Å²) < 4.78 is 4.86. The number of rotatable bonds is 2. The van der Waals surface area contributed by atoms with Crippen LogP contribution in [0, 0.1) is 0 Å². The van der Waals surface area contributed by atoms with E-state index >= 15 is 0 Å². The van der Waals surface area contributed by atoms with Crippen molar-refractivity contribution in [3.8, 4) is 17.2 Å². The number of para-hydroxylation sites is 1. The van der Waals surface area contributed by atoms with Crippen LogP contribution in [0.1, 0.15) is 17.3 Å². The Morgan fingerprint density at radius 3 is 2.05 bits per heavy atom. The Morgan fingerprint density at radius 2 is 1.68 bits per heavy atom. The molecular formula is C15H16O4. The predicted octanol–water partition coefficient (Wildman–Crippen LogP) is 3.00. The van der Waals surface area contributed by atoms with Crippen molar-refractivity contribution in [1.82, 2.24) is 0 Å². The van der Waals surface area contributed by atoms with Gasteiger partial charge in [-0.15, -0.1) is 0 Å². The maximum Gasteiger partial charge on any atom is 0.163 e. The SMILES string of the molecule is COc1ccc(C(C)=O)c(O)c1.Oc1ccccc1. The Labute approximate surface area is 111 Å². The molecule has 0 saturated carbocycles. The fourth-order valence-corrected chi connectivity index (χ4v) is 1.36. The number of aromatic hydroxyl groups is 2. The molecule has 0 atom stereocenters. The highest BCUT2D eigenvalue weighted by Crippen LogP contribution is 2.23. The number of phenolic OH excluding ortho intramolecular Hbond substituents is 2. The van der Waals surface area contributed by atoms with E-state index in [1.807, 2.05) is 6.07 Å². The minimum absolute atomic E-state index is 0.0400. The van der Waals surface area contributed by atoms with Crippen molar-refractivity contribution in [2.24, 2.45) is 0 Å². The Hall–Kier alpha value is -2.49. The lowest BCUT2D eigenvalue weighted by molar-refractivity contribution is 0.101. The lowest BCUT2D eigenvalue weighted by Crippen LogP contribution is -1.92. The van der Waals surface area contributed by atoms with E-state index in [0.717, 1.165) is 0 Å². The van der Waals surface area contributed by atoms with Crippen LogP contribution >= 0.6 is 0 Å². The van der Waals surface area contributed by atoms with Crippen LogP contribution < -0.4 is 4.74 Å². The zero-order chi connectivity index (χ0) is 14.3. The molecule has 2 aromatic carbocycles. The molecule has 0 aromatic heterocycles. The summed E-state index contributed by atoms with van der Waals surface area (Å²) in [6.07, 6.45) is 0. The number of methoxy groups -OCH3 is 1. The highest BCUT2D eigenvalue weighted by molar-refractivity contribution is 5.96. The number of hydrogen-bond donors (Lipinski definition) is 2. The third kappa shape index (κ3) is 4.71. The van der Waals surface area contributed by atoms with Crippen LogP contribution in [0.25, 0.3) is 0 Å². The van der Waals surface area contributed by atoms with E-state index in [-0.39, 0.29) is 11.5 Å². The third-order valence-corrected chi connectivity index (χ3v) is 2.34. The van der Waals surface area contributed by atoms with Gasteiger partial charge in [0.2, 0.25) is 0 Å². The van der Waals surface area contributed by atoms with Crippen LogP contribution in [-0.4, -0.2) is 23.1 Å². The van der Waals surface area contributed by atoms with Gasteiger partial charge in [0.15, 0.2) is 5.78 Å². The van der Waals surface area contributed by atoms with Gasteiger partial charge in [0.1, 0.15) is 17.2 Å². The maximum absolute atomic E-state index is 10.9. The van der Waals surface area contributed by atoms with Crippen LogP contribution in [0.5, 0.6) is 17.2 Å². The summed E-state index contributed by atoms with van der Waals surface area (Å²) in [7, 11) is 1.50. The Balaban J connectivity index is 0.000000218. The second kappa shape index (κ2) is 7.06.